The highest BCUT2D eigenvalue weighted by Crippen LogP contribution is 2.23. The Morgan fingerprint density at radius 3 is 2.55 bits per heavy atom. The number of benzene rings is 1. The monoisotopic (exact) mass is 403 g/mol. The molecule has 2 heterocycles. The number of cyclic esters (lactones) is 1. The van der Waals surface area contributed by atoms with E-state index in [2.05, 4.69) is 0 Å². The Hall–Kier alpha value is -2.90. The number of rotatable bonds is 5. The maximum absolute atomic E-state index is 12.6. The predicted molar refractivity (Wildman–Crippen MR) is 101 cm³/mol. The molecular weight excluding hydrogens is 378 g/mol. The summed E-state index contributed by atoms with van der Waals surface area (Å²) in [5, 5.41) is 0. The fourth-order valence-electron chi connectivity index (χ4n) is 3.62. The van der Waals surface area contributed by atoms with Crippen LogP contribution in [-0.2, 0) is 35.0 Å². The smallest absolute Gasteiger partial charge is 0.348 e. The van der Waals surface area contributed by atoms with Crippen LogP contribution in [0.5, 0.6) is 0 Å². The first-order chi connectivity index (χ1) is 13.9. The molecule has 0 spiro atoms. The molecule has 156 valence electrons. The molecule has 0 aliphatic carbocycles. The van der Waals surface area contributed by atoms with E-state index in [1.807, 2.05) is 0 Å². The molecule has 8 heteroatoms. The van der Waals surface area contributed by atoms with Gasteiger partial charge in [0.2, 0.25) is 6.10 Å². The fraction of sp³-hybridized carbons (Fsp3) is 0.524. The number of carbonyl (C=O) groups is 4. The van der Waals surface area contributed by atoms with Crippen molar-refractivity contribution in [3.8, 4) is 0 Å². The molecule has 1 saturated heterocycles. The zero-order chi connectivity index (χ0) is 21.0. The van der Waals surface area contributed by atoms with Crippen LogP contribution in [0.1, 0.15) is 42.6 Å². The lowest BCUT2D eigenvalue weighted by Crippen LogP contribution is -2.46. The molecule has 3 rings (SSSR count). The Bertz CT molecular complexity index is 798. The van der Waals surface area contributed by atoms with Crippen molar-refractivity contribution in [3.63, 3.8) is 0 Å². The number of esters is 3. The Labute approximate surface area is 169 Å². The summed E-state index contributed by atoms with van der Waals surface area (Å²) in [6, 6.07) is 6.92. The SMILES string of the molecule is CCOC(=O)C1CCN(C(=O)[C@H](C)OC(=O)[C@@H]2Cc3ccccc3C(=O)O2)CC1. The number of hydrogen-bond acceptors (Lipinski definition) is 7. The van der Waals surface area contributed by atoms with Gasteiger partial charge in [0.1, 0.15) is 0 Å². The van der Waals surface area contributed by atoms with Crippen molar-refractivity contribution in [1.82, 2.24) is 4.90 Å². The Morgan fingerprint density at radius 2 is 1.86 bits per heavy atom. The van der Waals surface area contributed by atoms with E-state index in [-0.39, 0.29) is 24.2 Å². The largest absolute Gasteiger partial charge is 0.466 e. The summed E-state index contributed by atoms with van der Waals surface area (Å²) in [4.78, 5) is 50.5. The van der Waals surface area contributed by atoms with Gasteiger partial charge in [0.25, 0.3) is 5.91 Å². The first kappa shape index (κ1) is 20.8. The first-order valence-electron chi connectivity index (χ1n) is 9.85. The highest BCUT2D eigenvalue weighted by Gasteiger charge is 2.36. The van der Waals surface area contributed by atoms with Crippen LogP contribution < -0.4 is 0 Å². The van der Waals surface area contributed by atoms with Crippen LogP contribution in [0, 0.1) is 5.92 Å². The summed E-state index contributed by atoms with van der Waals surface area (Å²) >= 11 is 0. The van der Waals surface area contributed by atoms with Crippen molar-refractivity contribution in [1.29, 1.82) is 0 Å². The molecule has 0 saturated carbocycles. The van der Waals surface area contributed by atoms with Gasteiger partial charge in [0.15, 0.2) is 6.10 Å². The van der Waals surface area contributed by atoms with Crippen LogP contribution >= 0.6 is 0 Å². The number of amides is 1. The minimum atomic E-state index is -1.07. The topological polar surface area (TPSA) is 99.2 Å². The molecule has 2 aliphatic rings. The standard InChI is InChI=1S/C21H25NO7/c1-3-27-19(24)14-8-10-22(11-9-14)18(23)13(2)28-21(26)17-12-15-6-4-5-7-16(15)20(25)29-17/h4-7,13-14,17H,3,8-12H2,1-2H3/t13-,17-/m0/s1. The Kier molecular flexibility index (Phi) is 6.51. The van der Waals surface area contributed by atoms with Crippen LogP contribution in [0.4, 0.5) is 0 Å². The molecule has 8 nitrogen and oxygen atoms in total. The third-order valence-corrected chi connectivity index (χ3v) is 5.22. The van der Waals surface area contributed by atoms with Crippen molar-refractivity contribution in [3.05, 3.63) is 35.4 Å². The van der Waals surface area contributed by atoms with Gasteiger partial charge >= 0.3 is 17.9 Å². The van der Waals surface area contributed by atoms with Gasteiger partial charge in [-0.15, -0.1) is 0 Å². The second-order valence-corrected chi connectivity index (χ2v) is 7.19. The highest BCUT2D eigenvalue weighted by atomic mass is 16.6. The van der Waals surface area contributed by atoms with E-state index >= 15 is 0 Å². The average Bonchev–Trinajstić information content (AvgIpc) is 2.73. The summed E-state index contributed by atoms with van der Waals surface area (Å²) in [5.41, 5.74) is 1.15. The highest BCUT2D eigenvalue weighted by molar-refractivity contribution is 5.95. The number of fused-ring (bicyclic) bond motifs is 1. The fourth-order valence-corrected chi connectivity index (χ4v) is 3.62. The van der Waals surface area contributed by atoms with Crippen molar-refractivity contribution >= 4 is 23.8 Å². The minimum absolute atomic E-state index is 0.210. The summed E-state index contributed by atoms with van der Waals surface area (Å²) < 4.78 is 15.5. The van der Waals surface area contributed by atoms with E-state index in [4.69, 9.17) is 14.2 Å². The maximum atomic E-state index is 12.6. The second-order valence-electron chi connectivity index (χ2n) is 7.19. The zero-order valence-corrected chi connectivity index (χ0v) is 16.6. The average molecular weight is 403 g/mol. The van der Waals surface area contributed by atoms with Crippen molar-refractivity contribution < 1.29 is 33.4 Å². The van der Waals surface area contributed by atoms with Crippen molar-refractivity contribution in [2.24, 2.45) is 5.92 Å². The second kappa shape index (κ2) is 9.07. The van der Waals surface area contributed by atoms with Crippen LogP contribution in [0.25, 0.3) is 0 Å². The van der Waals surface area contributed by atoms with Crippen LogP contribution in [-0.4, -0.2) is 60.6 Å². The zero-order valence-electron chi connectivity index (χ0n) is 16.6. The number of carbonyl (C=O) groups excluding carboxylic acids is 4. The summed E-state index contributed by atoms with van der Waals surface area (Å²) in [5.74, 6) is -2.09. The van der Waals surface area contributed by atoms with Gasteiger partial charge in [-0.2, -0.15) is 0 Å². The van der Waals surface area contributed by atoms with Gasteiger partial charge in [-0.05, 0) is 38.3 Å². The molecular formula is C21H25NO7. The van der Waals surface area contributed by atoms with Gasteiger partial charge < -0.3 is 19.1 Å². The van der Waals surface area contributed by atoms with E-state index < -0.39 is 24.1 Å². The maximum Gasteiger partial charge on any atom is 0.348 e. The van der Waals surface area contributed by atoms with Gasteiger partial charge in [0.05, 0.1) is 18.1 Å². The van der Waals surface area contributed by atoms with Gasteiger partial charge in [-0.3, -0.25) is 9.59 Å². The summed E-state index contributed by atoms with van der Waals surface area (Å²) in [7, 11) is 0. The Morgan fingerprint density at radius 1 is 1.17 bits per heavy atom. The molecule has 0 N–H and O–H groups in total. The third-order valence-electron chi connectivity index (χ3n) is 5.22. The molecule has 1 fully saturated rings. The van der Waals surface area contributed by atoms with Gasteiger partial charge in [-0.25, -0.2) is 9.59 Å². The molecule has 1 amide bonds. The van der Waals surface area contributed by atoms with E-state index in [0.717, 1.165) is 0 Å². The molecule has 0 radical (unpaired) electrons. The lowest BCUT2D eigenvalue weighted by atomic mass is 9.96. The molecule has 29 heavy (non-hydrogen) atoms. The molecule has 0 unspecified atom stereocenters. The van der Waals surface area contributed by atoms with E-state index in [1.54, 1.807) is 36.1 Å². The molecule has 1 aromatic rings. The number of nitrogens with zero attached hydrogens (tertiary/aromatic N) is 1. The normalized spacial score (nSPS) is 20.3. The van der Waals surface area contributed by atoms with E-state index in [0.29, 0.717) is 43.7 Å². The Balaban J connectivity index is 1.52. The summed E-state index contributed by atoms with van der Waals surface area (Å²) in [6.45, 7) is 4.39. The van der Waals surface area contributed by atoms with E-state index in [1.165, 1.54) is 6.92 Å². The van der Waals surface area contributed by atoms with Crippen molar-refractivity contribution in [2.75, 3.05) is 19.7 Å². The van der Waals surface area contributed by atoms with Crippen LogP contribution in [0.2, 0.25) is 0 Å². The summed E-state index contributed by atoms with van der Waals surface area (Å²) in [6.07, 6.45) is -0.823. The number of piperidine rings is 1. The van der Waals surface area contributed by atoms with Gasteiger partial charge in [0, 0.05) is 19.5 Å². The van der Waals surface area contributed by atoms with E-state index in [9.17, 15) is 19.2 Å². The lowest BCUT2D eigenvalue weighted by molar-refractivity contribution is -0.167. The van der Waals surface area contributed by atoms with Gasteiger partial charge in [-0.1, -0.05) is 18.2 Å². The lowest BCUT2D eigenvalue weighted by Gasteiger charge is -2.32. The molecule has 2 aliphatic heterocycles. The molecule has 0 aromatic heterocycles. The predicted octanol–water partition coefficient (Wildman–Crippen LogP) is 1.50. The van der Waals surface area contributed by atoms with Crippen LogP contribution in [0.3, 0.4) is 0 Å². The number of ether oxygens (including phenoxy) is 3. The van der Waals surface area contributed by atoms with Crippen LogP contribution in [0.15, 0.2) is 24.3 Å². The van der Waals surface area contributed by atoms with Crippen molar-refractivity contribution in [2.45, 2.75) is 45.3 Å². The number of hydrogen-bond donors (Lipinski definition) is 0. The minimum Gasteiger partial charge on any atom is -0.466 e. The molecule has 2 atom stereocenters. The molecule has 1 aromatic carbocycles. The quantitative estimate of drug-likeness (QED) is 0.543. The third kappa shape index (κ3) is 4.75. The first-order valence-corrected chi connectivity index (χ1v) is 9.85. The number of likely N-dealkylation sites (tertiary alicyclic amines) is 1. The molecule has 0 bridgehead atoms.